The number of aryl methyl sites for hydroxylation is 1. The number of rotatable bonds is 8. The Labute approximate surface area is 140 Å². The van der Waals surface area contributed by atoms with Gasteiger partial charge in [0.15, 0.2) is 5.76 Å². The van der Waals surface area contributed by atoms with Gasteiger partial charge in [-0.05, 0) is 24.1 Å². The fraction of sp³-hybridized carbons (Fsp3) is 0.250. The third-order valence-corrected chi connectivity index (χ3v) is 4.84. The van der Waals surface area contributed by atoms with Crippen LogP contribution < -0.4 is 4.72 Å². The molecule has 3 rings (SSSR count). The number of benzene rings is 1. The SMILES string of the molecule is O=S(=O)(CCc1ccccc1)NCCc1nc(-c2ccco2)n[nH]1. The Hall–Kier alpha value is -2.45. The second-order valence-corrected chi connectivity index (χ2v) is 7.21. The lowest BCUT2D eigenvalue weighted by Gasteiger charge is -2.05. The zero-order valence-corrected chi connectivity index (χ0v) is 13.8. The van der Waals surface area contributed by atoms with Crippen LogP contribution in [0, 0.1) is 0 Å². The van der Waals surface area contributed by atoms with E-state index in [0.717, 1.165) is 5.56 Å². The fourth-order valence-corrected chi connectivity index (χ4v) is 3.28. The van der Waals surface area contributed by atoms with Crippen molar-refractivity contribution in [3.05, 3.63) is 60.1 Å². The number of sulfonamides is 1. The molecule has 0 saturated heterocycles. The van der Waals surface area contributed by atoms with Crippen LogP contribution in [0.4, 0.5) is 0 Å². The number of aromatic amines is 1. The van der Waals surface area contributed by atoms with E-state index in [2.05, 4.69) is 19.9 Å². The van der Waals surface area contributed by atoms with E-state index < -0.39 is 10.0 Å². The molecule has 0 aliphatic rings. The second kappa shape index (κ2) is 7.41. The summed E-state index contributed by atoms with van der Waals surface area (Å²) in [6.45, 7) is 0.268. The zero-order valence-electron chi connectivity index (χ0n) is 13.0. The largest absolute Gasteiger partial charge is 0.461 e. The van der Waals surface area contributed by atoms with Gasteiger partial charge < -0.3 is 4.42 Å². The Morgan fingerprint density at radius 2 is 1.92 bits per heavy atom. The van der Waals surface area contributed by atoms with Crippen molar-refractivity contribution in [2.75, 3.05) is 12.3 Å². The summed E-state index contributed by atoms with van der Waals surface area (Å²) >= 11 is 0. The number of hydrogen-bond donors (Lipinski definition) is 2. The van der Waals surface area contributed by atoms with Crippen LogP contribution in [0.3, 0.4) is 0 Å². The standard InChI is InChI=1S/C16H18N4O3S/c21-24(22,12-9-13-5-2-1-3-6-13)17-10-8-15-18-16(20-19-15)14-7-4-11-23-14/h1-7,11,17H,8-10,12H2,(H,18,19,20). The smallest absolute Gasteiger partial charge is 0.216 e. The summed E-state index contributed by atoms with van der Waals surface area (Å²) in [7, 11) is -3.32. The van der Waals surface area contributed by atoms with Crippen molar-refractivity contribution in [3.8, 4) is 11.6 Å². The van der Waals surface area contributed by atoms with Crippen LogP contribution in [0.5, 0.6) is 0 Å². The average Bonchev–Trinajstić information content (AvgIpc) is 3.25. The van der Waals surface area contributed by atoms with Crippen molar-refractivity contribution in [2.24, 2.45) is 0 Å². The second-order valence-electron chi connectivity index (χ2n) is 5.28. The molecular weight excluding hydrogens is 328 g/mol. The van der Waals surface area contributed by atoms with Crippen molar-refractivity contribution in [1.29, 1.82) is 0 Å². The van der Waals surface area contributed by atoms with Crippen molar-refractivity contribution >= 4 is 10.0 Å². The van der Waals surface area contributed by atoms with Gasteiger partial charge in [-0.3, -0.25) is 5.10 Å². The molecule has 0 bridgehead atoms. The lowest BCUT2D eigenvalue weighted by atomic mass is 10.2. The fourth-order valence-electron chi connectivity index (χ4n) is 2.22. The van der Waals surface area contributed by atoms with Crippen LogP contribution in [-0.2, 0) is 22.9 Å². The Kier molecular flexibility index (Phi) is 5.07. The summed E-state index contributed by atoms with van der Waals surface area (Å²) in [5, 5.41) is 6.82. The predicted molar refractivity (Wildman–Crippen MR) is 89.7 cm³/mol. The molecular formula is C16H18N4O3S. The van der Waals surface area contributed by atoms with E-state index in [1.807, 2.05) is 30.3 Å². The average molecular weight is 346 g/mol. The molecule has 0 unspecified atom stereocenters. The van der Waals surface area contributed by atoms with Gasteiger partial charge in [0.25, 0.3) is 0 Å². The first-order valence-electron chi connectivity index (χ1n) is 7.59. The first-order chi connectivity index (χ1) is 11.6. The minimum atomic E-state index is -3.32. The summed E-state index contributed by atoms with van der Waals surface area (Å²) in [4.78, 5) is 4.27. The van der Waals surface area contributed by atoms with E-state index in [4.69, 9.17) is 4.42 Å². The van der Waals surface area contributed by atoms with Crippen LogP contribution in [-0.4, -0.2) is 35.9 Å². The van der Waals surface area contributed by atoms with E-state index >= 15 is 0 Å². The highest BCUT2D eigenvalue weighted by molar-refractivity contribution is 7.89. The molecule has 2 heterocycles. The molecule has 0 atom stereocenters. The highest BCUT2D eigenvalue weighted by Gasteiger charge is 2.12. The molecule has 0 radical (unpaired) electrons. The number of H-pyrrole nitrogens is 1. The van der Waals surface area contributed by atoms with Gasteiger partial charge in [0, 0.05) is 13.0 Å². The molecule has 1 aromatic carbocycles. The molecule has 0 fully saturated rings. The summed E-state index contributed by atoms with van der Waals surface area (Å²) in [6, 6.07) is 13.1. The van der Waals surface area contributed by atoms with E-state index in [1.165, 1.54) is 0 Å². The molecule has 126 valence electrons. The molecule has 0 aliphatic heterocycles. The molecule has 3 aromatic rings. The molecule has 24 heavy (non-hydrogen) atoms. The molecule has 0 saturated carbocycles. The molecule has 0 aliphatic carbocycles. The minimum absolute atomic E-state index is 0.0606. The van der Waals surface area contributed by atoms with E-state index in [1.54, 1.807) is 18.4 Å². The quantitative estimate of drug-likeness (QED) is 0.647. The number of furan rings is 1. The maximum atomic E-state index is 12.0. The number of hydrogen-bond acceptors (Lipinski definition) is 5. The van der Waals surface area contributed by atoms with Crippen LogP contribution >= 0.6 is 0 Å². The first kappa shape index (κ1) is 16.4. The van der Waals surface area contributed by atoms with Gasteiger partial charge >= 0.3 is 0 Å². The van der Waals surface area contributed by atoms with Crippen molar-refractivity contribution < 1.29 is 12.8 Å². The maximum Gasteiger partial charge on any atom is 0.216 e. The van der Waals surface area contributed by atoms with E-state index in [0.29, 0.717) is 30.3 Å². The van der Waals surface area contributed by atoms with E-state index in [-0.39, 0.29) is 12.3 Å². The van der Waals surface area contributed by atoms with Gasteiger partial charge in [-0.2, -0.15) is 5.10 Å². The number of nitrogens with zero attached hydrogens (tertiary/aromatic N) is 2. The minimum Gasteiger partial charge on any atom is -0.461 e. The van der Waals surface area contributed by atoms with Gasteiger partial charge in [0.2, 0.25) is 15.8 Å². The van der Waals surface area contributed by atoms with Crippen LogP contribution in [0.1, 0.15) is 11.4 Å². The summed E-state index contributed by atoms with van der Waals surface area (Å²) < 4.78 is 31.8. The van der Waals surface area contributed by atoms with Gasteiger partial charge in [-0.25, -0.2) is 18.1 Å². The van der Waals surface area contributed by atoms with Gasteiger partial charge in [0.05, 0.1) is 12.0 Å². The lowest BCUT2D eigenvalue weighted by Crippen LogP contribution is -2.29. The molecule has 0 amide bonds. The van der Waals surface area contributed by atoms with Crippen molar-refractivity contribution in [2.45, 2.75) is 12.8 Å². The van der Waals surface area contributed by atoms with Gasteiger partial charge in [-0.15, -0.1) is 0 Å². The molecule has 8 heteroatoms. The summed E-state index contributed by atoms with van der Waals surface area (Å²) in [6.07, 6.45) is 2.46. The summed E-state index contributed by atoms with van der Waals surface area (Å²) in [5.74, 6) is 1.69. The third-order valence-electron chi connectivity index (χ3n) is 3.46. The number of nitrogens with one attached hydrogen (secondary N) is 2. The highest BCUT2D eigenvalue weighted by Crippen LogP contribution is 2.14. The maximum absolute atomic E-state index is 12.0. The van der Waals surface area contributed by atoms with Crippen LogP contribution in [0.2, 0.25) is 0 Å². The Balaban J connectivity index is 1.47. The Morgan fingerprint density at radius 1 is 1.08 bits per heavy atom. The predicted octanol–water partition coefficient (Wildman–Crippen LogP) is 1.77. The number of aromatic nitrogens is 3. The molecule has 0 spiro atoms. The highest BCUT2D eigenvalue weighted by atomic mass is 32.2. The first-order valence-corrected chi connectivity index (χ1v) is 9.24. The monoisotopic (exact) mass is 346 g/mol. The van der Waals surface area contributed by atoms with Gasteiger partial charge in [0.1, 0.15) is 5.82 Å². The molecule has 7 nitrogen and oxygen atoms in total. The lowest BCUT2D eigenvalue weighted by molar-refractivity contribution is 0.577. The molecule has 2 N–H and O–H groups in total. The Morgan fingerprint density at radius 3 is 2.67 bits per heavy atom. The summed E-state index contributed by atoms with van der Waals surface area (Å²) in [5.41, 5.74) is 1.00. The third kappa shape index (κ3) is 4.53. The Bertz CT molecular complexity index is 858. The van der Waals surface area contributed by atoms with Crippen LogP contribution in [0.25, 0.3) is 11.6 Å². The van der Waals surface area contributed by atoms with Crippen molar-refractivity contribution in [1.82, 2.24) is 19.9 Å². The van der Waals surface area contributed by atoms with Crippen molar-refractivity contribution in [3.63, 3.8) is 0 Å². The topological polar surface area (TPSA) is 101 Å². The van der Waals surface area contributed by atoms with Gasteiger partial charge in [-0.1, -0.05) is 30.3 Å². The van der Waals surface area contributed by atoms with Crippen LogP contribution in [0.15, 0.2) is 53.1 Å². The molecule has 2 aromatic heterocycles. The normalized spacial score (nSPS) is 11.7. The zero-order chi connectivity index (χ0) is 16.8. The van der Waals surface area contributed by atoms with E-state index in [9.17, 15) is 8.42 Å².